The lowest BCUT2D eigenvalue weighted by Gasteiger charge is -2.25. The third-order valence-corrected chi connectivity index (χ3v) is 6.07. The molecule has 0 bridgehead atoms. The summed E-state index contributed by atoms with van der Waals surface area (Å²) in [7, 11) is 0. The van der Waals surface area contributed by atoms with E-state index in [0.717, 1.165) is 24.0 Å². The summed E-state index contributed by atoms with van der Waals surface area (Å²) in [4.78, 5) is 9.93. The third kappa shape index (κ3) is 4.18. The Labute approximate surface area is 178 Å². The van der Waals surface area contributed by atoms with Gasteiger partial charge in [0, 0.05) is 12.4 Å². The van der Waals surface area contributed by atoms with Gasteiger partial charge in [-0.15, -0.1) is 0 Å². The Bertz CT molecular complexity index is 1120. The van der Waals surface area contributed by atoms with Gasteiger partial charge in [0.05, 0.1) is 12.1 Å². The zero-order valence-electron chi connectivity index (χ0n) is 17.1. The maximum absolute atomic E-state index is 4.97. The van der Waals surface area contributed by atoms with E-state index < -0.39 is 0 Å². The van der Waals surface area contributed by atoms with E-state index in [1.165, 1.54) is 34.4 Å². The molecule has 0 saturated heterocycles. The van der Waals surface area contributed by atoms with Crippen LogP contribution in [0.5, 0.6) is 0 Å². The van der Waals surface area contributed by atoms with Crippen molar-refractivity contribution in [2.75, 3.05) is 0 Å². The van der Waals surface area contributed by atoms with E-state index in [1.807, 2.05) is 12.4 Å². The Kier molecular flexibility index (Phi) is 5.39. The molecule has 30 heavy (non-hydrogen) atoms. The molecule has 2 nitrogen and oxygen atoms in total. The van der Waals surface area contributed by atoms with Crippen LogP contribution >= 0.6 is 0 Å². The first kappa shape index (κ1) is 18.7. The van der Waals surface area contributed by atoms with Crippen LogP contribution in [0.2, 0.25) is 0 Å². The number of hydrogen-bond donors (Lipinski definition) is 0. The average Bonchev–Trinajstić information content (AvgIpc) is 2.81. The van der Waals surface area contributed by atoms with Gasteiger partial charge in [0.1, 0.15) is 0 Å². The predicted molar refractivity (Wildman–Crippen MR) is 129 cm³/mol. The summed E-state index contributed by atoms with van der Waals surface area (Å²) >= 11 is 0. The molecule has 1 aliphatic carbocycles. The molecular formula is C28H26N2. The van der Waals surface area contributed by atoms with Crippen molar-refractivity contribution < 1.29 is 0 Å². The molecule has 1 aliphatic rings. The van der Waals surface area contributed by atoms with Gasteiger partial charge in [0.2, 0.25) is 0 Å². The van der Waals surface area contributed by atoms with Crippen LogP contribution in [0, 0.1) is 0 Å². The Balaban J connectivity index is 1.34. The standard InChI is InChI=1S/C28H26N2/c1-3-9-25-17-21(13-15-23(25)7-1)19-29-27-11-5-6-12-28(27)30-20-22-14-16-24-8-2-4-10-26(24)18-22/h1-4,7-10,13-20,27-28H,5-6,11-12H2/t27-,28+. The van der Waals surface area contributed by atoms with E-state index >= 15 is 0 Å². The number of nitrogens with zero attached hydrogens (tertiary/aromatic N) is 2. The van der Waals surface area contributed by atoms with Crippen molar-refractivity contribution in [3.05, 3.63) is 96.1 Å². The molecule has 4 aromatic carbocycles. The summed E-state index contributed by atoms with van der Waals surface area (Å²) < 4.78 is 0. The van der Waals surface area contributed by atoms with Crippen LogP contribution in [-0.2, 0) is 0 Å². The van der Waals surface area contributed by atoms with Crippen LogP contribution in [-0.4, -0.2) is 24.5 Å². The molecule has 0 unspecified atom stereocenters. The SMILES string of the molecule is C(=N[C@H]1CCCC[C@H]1N=Cc1ccc2ccccc2c1)c1ccc2ccccc2c1. The normalized spacial score (nSPS) is 19.9. The average molecular weight is 391 g/mol. The lowest BCUT2D eigenvalue weighted by molar-refractivity contribution is 0.390. The molecule has 1 fully saturated rings. The summed E-state index contributed by atoms with van der Waals surface area (Å²) in [5.41, 5.74) is 2.33. The molecule has 2 heteroatoms. The van der Waals surface area contributed by atoms with E-state index in [-0.39, 0.29) is 12.1 Å². The van der Waals surface area contributed by atoms with Crippen LogP contribution in [0.25, 0.3) is 21.5 Å². The fourth-order valence-corrected chi connectivity index (χ4v) is 4.38. The molecule has 0 heterocycles. The van der Waals surface area contributed by atoms with Crippen LogP contribution < -0.4 is 0 Å². The number of benzene rings is 4. The molecule has 0 aromatic heterocycles. The Morgan fingerprint density at radius 2 is 0.967 bits per heavy atom. The minimum atomic E-state index is 0.266. The van der Waals surface area contributed by atoms with Crippen molar-refractivity contribution in [1.29, 1.82) is 0 Å². The van der Waals surface area contributed by atoms with Gasteiger partial charge >= 0.3 is 0 Å². The maximum Gasteiger partial charge on any atom is 0.0723 e. The van der Waals surface area contributed by atoms with Gasteiger partial charge in [-0.3, -0.25) is 9.98 Å². The highest BCUT2D eigenvalue weighted by Gasteiger charge is 2.23. The van der Waals surface area contributed by atoms with Crippen LogP contribution in [0.3, 0.4) is 0 Å². The first-order valence-electron chi connectivity index (χ1n) is 10.9. The lowest BCUT2D eigenvalue weighted by Crippen LogP contribution is -2.27. The summed E-state index contributed by atoms with van der Waals surface area (Å²) in [6.45, 7) is 0. The zero-order valence-corrected chi connectivity index (χ0v) is 17.1. The second kappa shape index (κ2) is 8.62. The fraction of sp³-hybridized carbons (Fsp3) is 0.214. The molecule has 0 amide bonds. The fourth-order valence-electron chi connectivity index (χ4n) is 4.38. The number of rotatable bonds is 4. The van der Waals surface area contributed by atoms with Crippen molar-refractivity contribution in [3.8, 4) is 0 Å². The molecular weight excluding hydrogens is 364 g/mol. The van der Waals surface area contributed by atoms with Crippen molar-refractivity contribution in [1.82, 2.24) is 0 Å². The van der Waals surface area contributed by atoms with Gasteiger partial charge in [-0.2, -0.15) is 0 Å². The van der Waals surface area contributed by atoms with Crippen LogP contribution in [0.4, 0.5) is 0 Å². The first-order chi connectivity index (χ1) is 14.8. The summed E-state index contributed by atoms with van der Waals surface area (Å²) in [6, 6.07) is 30.6. The lowest BCUT2D eigenvalue weighted by atomic mass is 9.91. The highest BCUT2D eigenvalue weighted by molar-refractivity contribution is 5.91. The van der Waals surface area contributed by atoms with Crippen LogP contribution in [0.15, 0.2) is 94.9 Å². The van der Waals surface area contributed by atoms with Gasteiger partial charge in [-0.25, -0.2) is 0 Å². The highest BCUT2D eigenvalue weighted by Crippen LogP contribution is 2.24. The monoisotopic (exact) mass is 390 g/mol. The van der Waals surface area contributed by atoms with Crippen molar-refractivity contribution in [2.24, 2.45) is 9.98 Å². The van der Waals surface area contributed by atoms with E-state index in [0.29, 0.717) is 0 Å². The van der Waals surface area contributed by atoms with Gasteiger partial charge in [0.25, 0.3) is 0 Å². The Morgan fingerprint density at radius 1 is 0.533 bits per heavy atom. The molecule has 4 aromatic rings. The van der Waals surface area contributed by atoms with Gasteiger partial charge in [0.15, 0.2) is 0 Å². The first-order valence-corrected chi connectivity index (χ1v) is 10.9. The minimum Gasteiger partial charge on any atom is -0.287 e. The second-order valence-corrected chi connectivity index (χ2v) is 8.19. The third-order valence-electron chi connectivity index (χ3n) is 6.07. The maximum atomic E-state index is 4.97. The highest BCUT2D eigenvalue weighted by atomic mass is 14.9. The Morgan fingerprint density at radius 3 is 1.43 bits per heavy atom. The van der Waals surface area contributed by atoms with Crippen molar-refractivity contribution in [2.45, 2.75) is 37.8 Å². The van der Waals surface area contributed by atoms with Gasteiger partial charge < -0.3 is 0 Å². The van der Waals surface area contributed by atoms with Gasteiger partial charge in [-0.1, -0.05) is 85.6 Å². The van der Waals surface area contributed by atoms with Crippen molar-refractivity contribution in [3.63, 3.8) is 0 Å². The predicted octanol–water partition coefficient (Wildman–Crippen LogP) is 6.84. The minimum absolute atomic E-state index is 0.266. The molecule has 2 atom stereocenters. The molecule has 0 N–H and O–H groups in total. The summed E-state index contributed by atoms with van der Waals surface area (Å²) in [5.74, 6) is 0. The number of hydrogen-bond acceptors (Lipinski definition) is 2. The van der Waals surface area contributed by atoms with Crippen molar-refractivity contribution >= 4 is 34.0 Å². The zero-order chi connectivity index (χ0) is 20.2. The molecule has 0 radical (unpaired) electrons. The number of aliphatic imine (C=N–C) groups is 2. The molecule has 0 spiro atoms. The molecule has 0 aliphatic heterocycles. The quantitative estimate of drug-likeness (QED) is 0.341. The summed E-state index contributed by atoms with van der Waals surface area (Å²) in [6.07, 6.45) is 8.79. The molecule has 5 rings (SSSR count). The summed E-state index contributed by atoms with van der Waals surface area (Å²) in [5, 5.41) is 5.06. The molecule has 148 valence electrons. The Hall–Kier alpha value is -3.26. The molecule has 1 saturated carbocycles. The number of fused-ring (bicyclic) bond motifs is 2. The van der Waals surface area contributed by atoms with E-state index in [9.17, 15) is 0 Å². The second-order valence-electron chi connectivity index (χ2n) is 8.19. The van der Waals surface area contributed by atoms with Crippen LogP contribution in [0.1, 0.15) is 36.8 Å². The largest absolute Gasteiger partial charge is 0.287 e. The van der Waals surface area contributed by atoms with E-state index in [1.54, 1.807) is 0 Å². The topological polar surface area (TPSA) is 24.7 Å². The van der Waals surface area contributed by atoms with Gasteiger partial charge in [-0.05, 0) is 57.6 Å². The van der Waals surface area contributed by atoms with E-state index in [4.69, 9.17) is 9.98 Å². The smallest absolute Gasteiger partial charge is 0.0723 e. The van der Waals surface area contributed by atoms with E-state index in [2.05, 4.69) is 84.9 Å².